The Labute approximate surface area is 229 Å². The van der Waals surface area contributed by atoms with E-state index in [0.717, 1.165) is 80.3 Å². The molecule has 0 radical (unpaired) electrons. The fourth-order valence-corrected chi connectivity index (χ4v) is 5.16. The van der Waals surface area contributed by atoms with E-state index >= 15 is 0 Å². The first-order chi connectivity index (χ1) is 18.4. The van der Waals surface area contributed by atoms with E-state index in [-0.39, 0.29) is 17.0 Å². The highest BCUT2D eigenvalue weighted by Gasteiger charge is 2.24. The average molecular weight is 535 g/mol. The van der Waals surface area contributed by atoms with Crippen molar-refractivity contribution in [2.75, 3.05) is 74.6 Å². The number of nitrogen functional groups attached to an aromatic ring is 1. The van der Waals surface area contributed by atoms with Crippen molar-refractivity contribution in [3.63, 3.8) is 0 Å². The van der Waals surface area contributed by atoms with Gasteiger partial charge in [-0.05, 0) is 75.4 Å². The zero-order valence-corrected chi connectivity index (χ0v) is 22.7. The van der Waals surface area contributed by atoms with Crippen LogP contribution in [0.25, 0.3) is 11.1 Å². The van der Waals surface area contributed by atoms with Gasteiger partial charge in [-0.2, -0.15) is 0 Å². The Balaban J connectivity index is 1.42. The van der Waals surface area contributed by atoms with Crippen molar-refractivity contribution in [2.45, 2.75) is 12.8 Å². The molecular weight excluding hydrogens is 500 g/mol. The molecule has 0 bridgehead atoms. The van der Waals surface area contributed by atoms with Crippen LogP contribution in [0, 0.1) is 5.92 Å². The fraction of sp³-hybridized carbons (Fsp3) is 0.393. The van der Waals surface area contributed by atoms with Gasteiger partial charge < -0.3 is 31.1 Å². The Bertz CT molecular complexity index is 1290. The maximum atomic E-state index is 12.9. The van der Waals surface area contributed by atoms with Crippen LogP contribution in [-0.2, 0) is 4.79 Å². The maximum absolute atomic E-state index is 12.9. The van der Waals surface area contributed by atoms with Crippen molar-refractivity contribution in [2.24, 2.45) is 5.92 Å². The van der Waals surface area contributed by atoms with E-state index in [4.69, 9.17) is 17.3 Å². The summed E-state index contributed by atoms with van der Waals surface area (Å²) in [5.74, 6) is 0.620. The molecule has 2 aliphatic heterocycles. The standard InChI is InChI=1S/C28H35ClN8O/c1-35-10-8-19(9-11-35)28(38)33-22-5-3-4-20(16-22)21-6-7-24(37-14-12-36(2)13-15-37)23(17-21)34-27-25(30)26(29)31-18-32-27/h3-7,16-19H,8-15,30H2,1-2H3,(H,33,38)(H,31,32,34). The number of nitrogens with zero attached hydrogens (tertiary/aromatic N) is 5. The minimum absolute atomic E-state index is 0.0543. The molecule has 4 N–H and O–H groups in total. The third kappa shape index (κ3) is 6.01. The first-order valence-electron chi connectivity index (χ1n) is 13.1. The highest BCUT2D eigenvalue weighted by atomic mass is 35.5. The second-order valence-electron chi connectivity index (χ2n) is 10.2. The fourth-order valence-electron chi connectivity index (χ4n) is 5.03. The number of aromatic nitrogens is 2. The van der Waals surface area contributed by atoms with E-state index < -0.39 is 0 Å². The van der Waals surface area contributed by atoms with Crippen molar-refractivity contribution in [3.05, 3.63) is 53.9 Å². The number of likely N-dealkylation sites (tertiary alicyclic amines) is 1. The number of amides is 1. The van der Waals surface area contributed by atoms with Gasteiger partial charge in [-0.1, -0.05) is 29.8 Å². The van der Waals surface area contributed by atoms with Crippen LogP contribution in [0.5, 0.6) is 0 Å². The van der Waals surface area contributed by atoms with Gasteiger partial charge in [0, 0.05) is 37.8 Å². The van der Waals surface area contributed by atoms with Crippen LogP contribution in [0.1, 0.15) is 12.8 Å². The first kappa shape index (κ1) is 26.2. The molecule has 0 atom stereocenters. The molecule has 1 aromatic heterocycles. The third-order valence-electron chi connectivity index (χ3n) is 7.48. The van der Waals surface area contributed by atoms with Gasteiger partial charge in [-0.15, -0.1) is 0 Å². The minimum Gasteiger partial charge on any atom is -0.393 e. The SMILES string of the molecule is CN1CCC(C(=O)Nc2cccc(-c3ccc(N4CCN(C)CC4)c(Nc4ncnc(Cl)c4N)c3)c2)CC1. The van der Waals surface area contributed by atoms with E-state index in [1.165, 1.54) is 6.33 Å². The van der Waals surface area contributed by atoms with Crippen LogP contribution in [-0.4, -0.2) is 79.0 Å². The predicted molar refractivity (Wildman–Crippen MR) is 155 cm³/mol. The summed E-state index contributed by atoms with van der Waals surface area (Å²) in [6.07, 6.45) is 3.18. The molecule has 9 nitrogen and oxygen atoms in total. The van der Waals surface area contributed by atoms with Gasteiger partial charge in [0.25, 0.3) is 0 Å². The van der Waals surface area contributed by atoms with Crippen LogP contribution < -0.4 is 21.3 Å². The van der Waals surface area contributed by atoms with E-state index in [1.807, 2.05) is 18.2 Å². The summed E-state index contributed by atoms with van der Waals surface area (Å²) >= 11 is 6.16. The number of nitrogens with one attached hydrogen (secondary N) is 2. The smallest absolute Gasteiger partial charge is 0.227 e. The van der Waals surface area contributed by atoms with Gasteiger partial charge in [0.05, 0.1) is 11.4 Å². The number of hydrogen-bond donors (Lipinski definition) is 3. The highest BCUT2D eigenvalue weighted by molar-refractivity contribution is 6.32. The number of hydrogen-bond acceptors (Lipinski definition) is 8. The number of anilines is 5. The van der Waals surface area contributed by atoms with Gasteiger partial charge in [0.1, 0.15) is 12.0 Å². The van der Waals surface area contributed by atoms with E-state index in [9.17, 15) is 4.79 Å². The van der Waals surface area contributed by atoms with E-state index in [1.54, 1.807) is 0 Å². The van der Waals surface area contributed by atoms with E-state index in [2.05, 4.69) is 73.7 Å². The Morgan fingerprint density at radius 3 is 2.42 bits per heavy atom. The molecule has 2 saturated heterocycles. The topological polar surface area (TPSA) is 103 Å². The van der Waals surface area contributed by atoms with Crippen LogP contribution in [0.4, 0.5) is 28.6 Å². The molecule has 38 heavy (non-hydrogen) atoms. The molecular formula is C28H35ClN8O. The lowest BCUT2D eigenvalue weighted by Crippen LogP contribution is -2.44. The van der Waals surface area contributed by atoms with Gasteiger partial charge in [-0.3, -0.25) is 4.79 Å². The molecule has 10 heteroatoms. The molecule has 3 aromatic rings. The largest absolute Gasteiger partial charge is 0.393 e. The van der Waals surface area contributed by atoms with Crippen molar-refractivity contribution in [1.29, 1.82) is 0 Å². The number of rotatable bonds is 6. The lowest BCUT2D eigenvalue weighted by atomic mass is 9.96. The van der Waals surface area contributed by atoms with Crippen LogP contribution in [0.3, 0.4) is 0 Å². The lowest BCUT2D eigenvalue weighted by molar-refractivity contribution is -0.121. The Kier molecular flexibility index (Phi) is 7.97. The molecule has 0 spiro atoms. The summed E-state index contributed by atoms with van der Waals surface area (Å²) in [4.78, 5) is 28.2. The van der Waals surface area contributed by atoms with Crippen LogP contribution in [0.2, 0.25) is 5.15 Å². The summed E-state index contributed by atoms with van der Waals surface area (Å²) < 4.78 is 0. The second kappa shape index (κ2) is 11.6. The number of piperidine rings is 1. The molecule has 2 aliphatic rings. The van der Waals surface area contributed by atoms with Crippen LogP contribution >= 0.6 is 11.6 Å². The van der Waals surface area contributed by atoms with Gasteiger partial charge in [-0.25, -0.2) is 9.97 Å². The molecule has 200 valence electrons. The average Bonchev–Trinajstić information content (AvgIpc) is 2.92. The molecule has 0 saturated carbocycles. The van der Waals surface area contributed by atoms with Crippen LogP contribution in [0.15, 0.2) is 48.8 Å². The Morgan fingerprint density at radius 1 is 0.947 bits per heavy atom. The number of likely N-dealkylation sites (N-methyl/N-ethyl adjacent to an activating group) is 1. The monoisotopic (exact) mass is 534 g/mol. The lowest BCUT2D eigenvalue weighted by Gasteiger charge is -2.35. The minimum atomic E-state index is 0.0543. The van der Waals surface area contributed by atoms with Gasteiger partial charge in [0.2, 0.25) is 5.91 Å². The number of benzene rings is 2. The van der Waals surface area contributed by atoms with Crippen molar-refractivity contribution in [3.8, 4) is 11.1 Å². The number of carbonyl (C=O) groups is 1. The Morgan fingerprint density at radius 2 is 1.66 bits per heavy atom. The summed E-state index contributed by atoms with van der Waals surface area (Å²) in [5.41, 5.74) is 11.3. The summed E-state index contributed by atoms with van der Waals surface area (Å²) in [6.45, 7) is 5.72. The summed E-state index contributed by atoms with van der Waals surface area (Å²) in [6, 6.07) is 14.3. The predicted octanol–water partition coefficient (Wildman–Crippen LogP) is 4.15. The number of nitrogens with two attached hydrogens (primary N) is 1. The molecule has 0 unspecified atom stereocenters. The zero-order valence-electron chi connectivity index (χ0n) is 22.0. The van der Waals surface area contributed by atoms with Crippen molar-refractivity contribution >= 4 is 46.1 Å². The van der Waals surface area contributed by atoms with Crippen molar-refractivity contribution in [1.82, 2.24) is 19.8 Å². The molecule has 2 aromatic carbocycles. The maximum Gasteiger partial charge on any atom is 0.227 e. The quantitative estimate of drug-likeness (QED) is 0.405. The summed E-state index contributed by atoms with van der Waals surface area (Å²) in [5, 5.41) is 6.76. The number of piperazine rings is 1. The molecule has 5 rings (SSSR count). The molecule has 1 amide bonds. The van der Waals surface area contributed by atoms with Gasteiger partial charge in [0.15, 0.2) is 11.0 Å². The van der Waals surface area contributed by atoms with Crippen molar-refractivity contribution < 1.29 is 4.79 Å². The molecule has 0 aliphatic carbocycles. The molecule has 3 heterocycles. The number of carbonyl (C=O) groups excluding carboxylic acids is 1. The normalized spacial score (nSPS) is 17.4. The van der Waals surface area contributed by atoms with E-state index in [0.29, 0.717) is 11.5 Å². The molecule has 2 fully saturated rings. The second-order valence-corrected chi connectivity index (χ2v) is 10.6. The highest BCUT2D eigenvalue weighted by Crippen LogP contribution is 2.36. The number of halogens is 1. The Hall–Kier alpha value is -3.40. The van der Waals surface area contributed by atoms with Gasteiger partial charge >= 0.3 is 0 Å². The zero-order chi connectivity index (χ0) is 26.6. The first-order valence-corrected chi connectivity index (χ1v) is 13.5. The summed E-state index contributed by atoms with van der Waals surface area (Å²) in [7, 11) is 4.24. The third-order valence-corrected chi connectivity index (χ3v) is 7.78.